The van der Waals surface area contributed by atoms with Crippen molar-refractivity contribution < 1.29 is 14.3 Å². The number of benzene rings is 1. The summed E-state index contributed by atoms with van der Waals surface area (Å²) in [6, 6.07) is 3.79. The largest absolute Gasteiger partial charge is 0.493 e. The van der Waals surface area contributed by atoms with Gasteiger partial charge in [-0.1, -0.05) is 0 Å². The van der Waals surface area contributed by atoms with Crippen LogP contribution in [0.1, 0.15) is 11.1 Å². The molecule has 0 fully saturated rings. The van der Waals surface area contributed by atoms with Crippen molar-refractivity contribution in [2.45, 2.75) is 13.5 Å². The van der Waals surface area contributed by atoms with Crippen LogP contribution < -0.4 is 9.47 Å². The van der Waals surface area contributed by atoms with Crippen molar-refractivity contribution in [2.24, 2.45) is 0 Å². The van der Waals surface area contributed by atoms with Gasteiger partial charge in [-0.15, -0.1) is 0 Å². The zero-order valence-electron chi connectivity index (χ0n) is 10.4. The molecule has 4 nitrogen and oxygen atoms in total. The summed E-state index contributed by atoms with van der Waals surface area (Å²) in [4.78, 5) is 12.6. The Hall–Kier alpha value is -1.23. The predicted molar refractivity (Wildman–Crippen MR) is 70.1 cm³/mol. The van der Waals surface area contributed by atoms with E-state index in [-0.39, 0.29) is 4.82 Å². The number of hydrogen-bond acceptors (Lipinski definition) is 3. The molecule has 0 aliphatic heterocycles. The van der Waals surface area contributed by atoms with Crippen molar-refractivity contribution in [3.8, 4) is 11.5 Å². The van der Waals surface area contributed by atoms with Crippen LogP contribution in [0.5, 0.6) is 11.5 Å². The maximum Gasteiger partial charge on any atom is 0.289 e. The van der Waals surface area contributed by atoms with E-state index >= 15 is 0 Å². The average molecular weight is 302 g/mol. The lowest BCUT2D eigenvalue weighted by molar-refractivity contribution is 0.233. The number of carbonyl (C=O) groups is 1. The minimum atomic E-state index is -0.147. The van der Waals surface area contributed by atoms with Crippen molar-refractivity contribution in [3.05, 3.63) is 23.3 Å². The Labute approximate surface area is 110 Å². The Balaban J connectivity index is 3.04. The lowest BCUT2D eigenvalue weighted by atomic mass is 10.1. The SMILES string of the molecule is COc1cc(C)c(CN(C)C(=O)Br)cc1OC. The van der Waals surface area contributed by atoms with Gasteiger partial charge in [-0.2, -0.15) is 0 Å². The third-order valence-electron chi connectivity index (χ3n) is 2.55. The first-order valence-electron chi connectivity index (χ1n) is 5.11. The number of nitrogens with zero attached hydrogens (tertiary/aromatic N) is 1. The van der Waals surface area contributed by atoms with Crippen molar-refractivity contribution in [1.82, 2.24) is 4.90 Å². The molecular formula is C12H16BrNO3. The molecule has 0 radical (unpaired) electrons. The molecule has 1 aromatic rings. The van der Waals surface area contributed by atoms with Crippen LogP contribution in [0.15, 0.2) is 12.1 Å². The van der Waals surface area contributed by atoms with Gasteiger partial charge in [0, 0.05) is 29.5 Å². The van der Waals surface area contributed by atoms with Crippen molar-refractivity contribution in [3.63, 3.8) is 0 Å². The summed E-state index contributed by atoms with van der Waals surface area (Å²) in [6.45, 7) is 2.50. The molecule has 0 unspecified atom stereocenters. The fourth-order valence-corrected chi connectivity index (χ4v) is 1.64. The predicted octanol–water partition coefficient (Wildman–Crippen LogP) is 2.96. The minimum Gasteiger partial charge on any atom is -0.493 e. The van der Waals surface area contributed by atoms with Crippen LogP contribution >= 0.6 is 15.9 Å². The van der Waals surface area contributed by atoms with Crippen LogP contribution in [-0.2, 0) is 6.54 Å². The van der Waals surface area contributed by atoms with Crippen molar-refractivity contribution in [1.29, 1.82) is 0 Å². The molecule has 0 spiro atoms. The monoisotopic (exact) mass is 301 g/mol. The van der Waals surface area contributed by atoms with Gasteiger partial charge in [0.1, 0.15) is 0 Å². The number of ether oxygens (including phenoxy) is 2. The Morgan fingerprint density at radius 1 is 1.29 bits per heavy atom. The summed E-state index contributed by atoms with van der Waals surface area (Å²) < 4.78 is 10.4. The average Bonchev–Trinajstić information content (AvgIpc) is 2.30. The van der Waals surface area contributed by atoms with E-state index in [1.54, 1.807) is 26.2 Å². The number of aryl methyl sites for hydroxylation is 1. The first-order chi connectivity index (χ1) is 7.99. The lowest BCUT2D eigenvalue weighted by Crippen LogP contribution is -2.20. The number of halogens is 1. The van der Waals surface area contributed by atoms with E-state index in [0.717, 1.165) is 11.1 Å². The Morgan fingerprint density at radius 2 is 1.82 bits per heavy atom. The maximum absolute atomic E-state index is 11.1. The molecule has 0 aliphatic rings. The van der Waals surface area contributed by atoms with E-state index in [1.807, 2.05) is 19.1 Å². The van der Waals surface area contributed by atoms with Gasteiger partial charge >= 0.3 is 0 Å². The quantitative estimate of drug-likeness (QED) is 0.634. The van der Waals surface area contributed by atoms with E-state index in [9.17, 15) is 4.79 Å². The van der Waals surface area contributed by atoms with E-state index in [4.69, 9.17) is 9.47 Å². The van der Waals surface area contributed by atoms with Gasteiger partial charge < -0.3 is 14.4 Å². The smallest absolute Gasteiger partial charge is 0.289 e. The van der Waals surface area contributed by atoms with E-state index in [0.29, 0.717) is 18.0 Å². The summed E-state index contributed by atoms with van der Waals surface area (Å²) in [7, 11) is 4.93. The minimum absolute atomic E-state index is 0.147. The number of amides is 1. The molecule has 0 aromatic heterocycles. The van der Waals surface area contributed by atoms with Crippen LogP contribution in [0.3, 0.4) is 0 Å². The number of hydrogen-bond donors (Lipinski definition) is 0. The van der Waals surface area contributed by atoms with Gasteiger partial charge in [-0.25, -0.2) is 0 Å². The van der Waals surface area contributed by atoms with Gasteiger partial charge in [0.25, 0.3) is 4.82 Å². The molecule has 0 aliphatic carbocycles. The van der Waals surface area contributed by atoms with E-state index in [1.165, 1.54) is 0 Å². The first kappa shape index (κ1) is 13.8. The molecule has 0 saturated carbocycles. The van der Waals surface area contributed by atoms with Gasteiger partial charge in [-0.05, 0) is 30.2 Å². The fraction of sp³-hybridized carbons (Fsp3) is 0.417. The zero-order valence-corrected chi connectivity index (χ0v) is 12.0. The molecule has 0 N–H and O–H groups in total. The maximum atomic E-state index is 11.1. The molecule has 0 atom stereocenters. The number of rotatable bonds is 4. The van der Waals surface area contributed by atoms with Crippen LogP contribution in [-0.4, -0.2) is 31.0 Å². The molecule has 1 amide bonds. The van der Waals surface area contributed by atoms with Gasteiger partial charge in [0.05, 0.1) is 14.2 Å². The van der Waals surface area contributed by atoms with Crippen LogP contribution in [0.2, 0.25) is 0 Å². The van der Waals surface area contributed by atoms with E-state index < -0.39 is 0 Å². The Bertz CT molecular complexity index is 420. The highest BCUT2D eigenvalue weighted by Crippen LogP contribution is 2.30. The number of carbonyl (C=O) groups excluding carboxylic acids is 1. The highest BCUT2D eigenvalue weighted by atomic mass is 79.9. The van der Waals surface area contributed by atoms with Crippen LogP contribution in [0.25, 0.3) is 0 Å². The zero-order chi connectivity index (χ0) is 13.0. The molecule has 0 heterocycles. The topological polar surface area (TPSA) is 38.8 Å². The second-order valence-corrected chi connectivity index (χ2v) is 4.42. The van der Waals surface area contributed by atoms with Gasteiger partial charge in [0.15, 0.2) is 11.5 Å². The Morgan fingerprint density at radius 3 is 2.29 bits per heavy atom. The van der Waals surface area contributed by atoms with E-state index in [2.05, 4.69) is 15.9 Å². The highest BCUT2D eigenvalue weighted by Gasteiger charge is 2.11. The second kappa shape index (κ2) is 5.91. The summed E-state index contributed by atoms with van der Waals surface area (Å²) >= 11 is 2.92. The summed E-state index contributed by atoms with van der Waals surface area (Å²) in [5.74, 6) is 1.37. The molecule has 1 aromatic carbocycles. The highest BCUT2D eigenvalue weighted by molar-refractivity contribution is 9.18. The third-order valence-corrected chi connectivity index (χ3v) is 3.16. The lowest BCUT2D eigenvalue weighted by Gasteiger charge is -2.17. The molecule has 0 saturated heterocycles. The standard InChI is InChI=1S/C12H16BrNO3/c1-8-5-10(16-3)11(17-4)6-9(8)7-14(2)12(13)15/h5-6H,7H2,1-4H3. The number of methoxy groups -OCH3 is 2. The summed E-state index contributed by atoms with van der Waals surface area (Å²) in [5, 5.41) is 0. The Kier molecular flexibility index (Phi) is 4.81. The molecule has 17 heavy (non-hydrogen) atoms. The van der Waals surface area contributed by atoms with Crippen LogP contribution in [0, 0.1) is 6.92 Å². The summed E-state index contributed by atoms with van der Waals surface area (Å²) in [5.41, 5.74) is 2.08. The molecule has 5 heteroatoms. The molecular weight excluding hydrogens is 286 g/mol. The van der Waals surface area contributed by atoms with Gasteiger partial charge in [0.2, 0.25) is 0 Å². The second-order valence-electron chi connectivity index (χ2n) is 3.74. The third kappa shape index (κ3) is 3.36. The fourth-order valence-electron chi connectivity index (χ4n) is 1.51. The van der Waals surface area contributed by atoms with Crippen molar-refractivity contribution in [2.75, 3.05) is 21.3 Å². The molecule has 94 valence electrons. The summed E-state index contributed by atoms with van der Waals surface area (Å²) in [6.07, 6.45) is 0. The molecule has 1 rings (SSSR count). The van der Waals surface area contributed by atoms with Gasteiger partial charge in [-0.3, -0.25) is 4.79 Å². The van der Waals surface area contributed by atoms with Crippen LogP contribution in [0.4, 0.5) is 4.79 Å². The molecule has 0 bridgehead atoms. The normalized spacial score (nSPS) is 9.94. The van der Waals surface area contributed by atoms with Crippen molar-refractivity contribution >= 4 is 20.7 Å². The first-order valence-corrected chi connectivity index (χ1v) is 5.91.